The maximum Gasteiger partial charge on any atom is 0.305 e. The van der Waals surface area contributed by atoms with Gasteiger partial charge in [-0.25, -0.2) is 0 Å². The van der Waals surface area contributed by atoms with Gasteiger partial charge in [0.05, 0.1) is 6.42 Å². The predicted octanol–water partition coefficient (Wildman–Crippen LogP) is 2.80. The van der Waals surface area contributed by atoms with Gasteiger partial charge < -0.3 is 10.0 Å². The molecule has 1 amide bonds. The van der Waals surface area contributed by atoms with E-state index >= 15 is 0 Å². The monoisotopic (exact) mass is 269 g/mol. The van der Waals surface area contributed by atoms with Gasteiger partial charge in [0.1, 0.15) is 0 Å². The second-order valence-corrected chi connectivity index (χ2v) is 4.70. The van der Waals surface area contributed by atoms with E-state index in [-0.39, 0.29) is 24.8 Å². The normalized spacial score (nSPS) is 10.4. The molecule has 0 aliphatic rings. The Hall–Kier alpha value is -1.55. The summed E-state index contributed by atoms with van der Waals surface area (Å²) in [5, 5.41) is 9.29. The summed E-state index contributed by atoms with van der Waals surface area (Å²) >= 11 is 5.79. The van der Waals surface area contributed by atoms with Crippen molar-refractivity contribution < 1.29 is 14.7 Å². The van der Waals surface area contributed by atoms with Crippen LogP contribution < -0.4 is 4.90 Å². The maximum absolute atomic E-state index is 12.0. The van der Waals surface area contributed by atoms with Gasteiger partial charge in [-0.2, -0.15) is 0 Å². The molecule has 0 atom stereocenters. The van der Waals surface area contributed by atoms with Crippen LogP contribution in [0.5, 0.6) is 0 Å². The summed E-state index contributed by atoms with van der Waals surface area (Å²) in [6.45, 7) is 3.73. The minimum atomic E-state index is -0.925. The topological polar surface area (TPSA) is 57.6 Å². The van der Waals surface area contributed by atoms with Crippen LogP contribution in [-0.2, 0) is 9.59 Å². The minimum Gasteiger partial charge on any atom is -0.481 e. The van der Waals surface area contributed by atoms with E-state index in [1.807, 2.05) is 0 Å². The van der Waals surface area contributed by atoms with Crippen molar-refractivity contribution in [1.29, 1.82) is 0 Å². The fourth-order valence-electron chi connectivity index (χ4n) is 1.51. The van der Waals surface area contributed by atoms with E-state index in [9.17, 15) is 9.59 Å². The molecule has 0 radical (unpaired) electrons. The molecule has 0 aromatic heterocycles. The number of hydrogen-bond donors (Lipinski definition) is 1. The average Bonchev–Trinajstić information content (AvgIpc) is 2.30. The number of amides is 1. The number of rotatable bonds is 5. The lowest BCUT2D eigenvalue weighted by molar-refractivity contribution is -0.136. The molecule has 0 fully saturated rings. The lowest BCUT2D eigenvalue weighted by Gasteiger charge is -2.24. The summed E-state index contributed by atoms with van der Waals surface area (Å²) < 4.78 is 0. The number of benzene rings is 1. The Balaban J connectivity index is 2.92. The third-order valence-corrected chi connectivity index (χ3v) is 2.70. The first kappa shape index (κ1) is 14.5. The molecule has 0 saturated heterocycles. The number of anilines is 1. The highest BCUT2D eigenvalue weighted by molar-refractivity contribution is 6.30. The zero-order valence-electron chi connectivity index (χ0n) is 10.4. The molecule has 0 saturated carbocycles. The van der Waals surface area contributed by atoms with Crippen molar-refractivity contribution in [3.8, 4) is 0 Å². The SMILES string of the molecule is CC(C)C(=O)N(CCC(=O)O)c1ccc(Cl)cc1. The summed E-state index contributed by atoms with van der Waals surface area (Å²) in [5.41, 5.74) is 0.666. The number of carboxylic acid groups (broad SMARTS) is 1. The number of carbonyl (C=O) groups excluding carboxylic acids is 1. The Morgan fingerprint density at radius 1 is 1.28 bits per heavy atom. The second kappa shape index (κ2) is 6.40. The van der Waals surface area contributed by atoms with Gasteiger partial charge in [0.15, 0.2) is 0 Å². The molecule has 0 spiro atoms. The molecule has 98 valence electrons. The van der Waals surface area contributed by atoms with Crippen LogP contribution in [-0.4, -0.2) is 23.5 Å². The van der Waals surface area contributed by atoms with Crippen LogP contribution >= 0.6 is 11.6 Å². The molecule has 0 heterocycles. The third-order valence-electron chi connectivity index (χ3n) is 2.45. The first-order valence-electron chi connectivity index (χ1n) is 5.70. The number of nitrogens with zero attached hydrogens (tertiary/aromatic N) is 1. The molecule has 1 aromatic rings. The standard InChI is InChI=1S/C13H16ClNO3/c1-9(2)13(18)15(8-7-12(16)17)11-5-3-10(14)4-6-11/h3-6,9H,7-8H2,1-2H3,(H,16,17). The van der Waals surface area contributed by atoms with Gasteiger partial charge in [-0.3, -0.25) is 9.59 Å². The minimum absolute atomic E-state index is 0.0823. The number of carbonyl (C=O) groups is 2. The van der Waals surface area contributed by atoms with Crippen LogP contribution in [0.3, 0.4) is 0 Å². The Bertz CT molecular complexity index is 428. The molecule has 1 aromatic carbocycles. The zero-order valence-corrected chi connectivity index (χ0v) is 11.1. The summed E-state index contributed by atoms with van der Waals surface area (Å²) in [7, 11) is 0. The summed E-state index contributed by atoms with van der Waals surface area (Å²) in [5.74, 6) is -1.21. The summed E-state index contributed by atoms with van der Waals surface area (Å²) in [6.07, 6.45) is -0.0823. The molecule has 0 unspecified atom stereocenters. The molecule has 18 heavy (non-hydrogen) atoms. The van der Waals surface area contributed by atoms with Crippen molar-refractivity contribution in [2.75, 3.05) is 11.4 Å². The second-order valence-electron chi connectivity index (χ2n) is 4.26. The van der Waals surface area contributed by atoms with E-state index in [1.165, 1.54) is 4.90 Å². The van der Waals surface area contributed by atoms with E-state index in [0.29, 0.717) is 10.7 Å². The van der Waals surface area contributed by atoms with Crippen LogP contribution in [0.4, 0.5) is 5.69 Å². The first-order valence-corrected chi connectivity index (χ1v) is 6.08. The zero-order chi connectivity index (χ0) is 13.7. The van der Waals surface area contributed by atoms with E-state index in [2.05, 4.69) is 0 Å². The van der Waals surface area contributed by atoms with Crippen molar-refractivity contribution in [2.24, 2.45) is 5.92 Å². The largest absolute Gasteiger partial charge is 0.481 e. The summed E-state index contributed by atoms with van der Waals surface area (Å²) in [4.78, 5) is 24.1. The smallest absolute Gasteiger partial charge is 0.305 e. The van der Waals surface area contributed by atoms with Crippen LogP contribution in [0, 0.1) is 5.92 Å². The van der Waals surface area contributed by atoms with E-state index in [1.54, 1.807) is 38.1 Å². The van der Waals surface area contributed by atoms with Crippen molar-refractivity contribution in [3.05, 3.63) is 29.3 Å². The Kier molecular flexibility index (Phi) is 5.16. The van der Waals surface area contributed by atoms with Crippen LogP contribution in [0.25, 0.3) is 0 Å². The lowest BCUT2D eigenvalue weighted by atomic mass is 10.1. The molecular formula is C13H16ClNO3. The molecule has 4 nitrogen and oxygen atoms in total. The van der Waals surface area contributed by atoms with Crippen LogP contribution in [0.15, 0.2) is 24.3 Å². The van der Waals surface area contributed by atoms with Crippen molar-refractivity contribution in [2.45, 2.75) is 20.3 Å². The highest BCUT2D eigenvalue weighted by atomic mass is 35.5. The highest BCUT2D eigenvalue weighted by Crippen LogP contribution is 2.20. The molecule has 0 aliphatic heterocycles. The van der Waals surface area contributed by atoms with Gasteiger partial charge in [0.25, 0.3) is 0 Å². The van der Waals surface area contributed by atoms with Crippen molar-refractivity contribution >= 4 is 29.2 Å². The van der Waals surface area contributed by atoms with E-state index in [4.69, 9.17) is 16.7 Å². The average molecular weight is 270 g/mol. The van der Waals surface area contributed by atoms with Gasteiger partial charge in [-0.05, 0) is 24.3 Å². The fourth-order valence-corrected chi connectivity index (χ4v) is 1.63. The molecular weight excluding hydrogens is 254 g/mol. The van der Waals surface area contributed by atoms with Gasteiger partial charge in [-0.1, -0.05) is 25.4 Å². The number of halogens is 1. The maximum atomic E-state index is 12.0. The predicted molar refractivity (Wildman–Crippen MR) is 70.9 cm³/mol. The fraction of sp³-hybridized carbons (Fsp3) is 0.385. The highest BCUT2D eigenvalue weighted by Gasteiger charge is 2.19. The number of carboxylic acids is 1. The van der Waals surface area contributed by atoms with Gasteiger partial charge >= 0.3 is 5.97 Å². The van der Waals surface area contributed by atoms with Crippen molar-refractivity contribution in [1.82, 2.24) is 0 Å². The lowest BCUT2D eigenvalue weighted by Crippen LogP contribution is -2.36. The quantitative estimate of drug-likeness (QED) is 0.894. The van der Waals surface area contributed by atoms with Crippen molar-refractivity contribution in [3.63, 3.8) is 0 Å². The molecule has 0 bridgehead atoms. The molecule has 1 N–H and O–H groups in total. The van der Waals surface area contributed by atoms with Crippen LogP contribution in [0.1, 0.15) is 20.3 Å². The van der Waals surface area contributed by atoms with Crippen LogP contribution in [0.2, 0.25) is 5.02 Å². The number of hydrogen-bond acceptors (Lipinski definition) is 2. The van der Waals surface area contributed by atoms with E-state index in [0.717, 1.165) is 0 Å². The van der Waals surface area contributed by atoms with Gasteiger partial charge in [0.2, 0.25) is 5.91 Å². The Morgan fingerprint density at radius 3 is 2.28 bits per heavy atom. The Morgan fingerprint density at radius 2 is 1.83 bits per heavy atom. The molecule has 5 heteroatoms. The van der Waals surface area contributed by atoms with Gasteiger partial charge in [-0.15, -0.1) is 0 Å². The molecule has 1 rings (SSSR count). The van der Waals surface area contributed by atoms with Gasteiger partial charge in [0, 0.05) is 23.2 Å². The Labute approximate surface area is 111 Å². The number of aliphatic carboxylic acids is 1. The molecule has 0 aliphatic carbocycles. The van der Waals surface area contributed by atoms with E-state index < -0.39 is 5.97 Å². The summed E-state index contributed by atoms with van der Waals surface area (Å²) in [6, 6.07) is 6.78. The first-order chi connectivity index (χ1) is 8.41. The third kappa shape index (κ3) is 4.04.